The number of anilines is 1. The maximum atomic E-state index is 12.5. The van der Waals surface area contributed by atoms with Crippen LogP contribution in [-0.2, 0) is 0 Å². The van der Waals surface area contributed by atoms with E-state index in [4.69, 9.17) is 9.47 Å². The number of hydrogen-bond acceptors (Lipinski definition) is 6. The number of benzene rings is 2. The summed E-state index contributed by atoms with van der Waals surface area (Å²) < 4.78 is 10.7. The van der Waals surface area contributed by atoms with E-state index in [-0.39, 0.29) is 11.7 Å². The van der Waals surface area contributed by atoms with Crippen LogP contribution in [0.25, 0.3) is 10.6 Å². The molecule has 0 spiro atoms. The SMILES string of the molecule is COc1cccc(-c2nc(C(=O)Nc3ccc(C(C)=O)cc3)cs2)c1OC. The largest absolute Gasteiger partial charge is 0.493 e. The molecule has 138 valence electrons. The molecular formula is C20H18N2O4S. The quantitative estimate of drug-likeness (QED) is 0.644. The van der Waals surface area contributed by atoms with Gasteiger partial charge in [-0.05, 0) is 43.3 Å². The minimum Gasteiger partial charge on any atom is -0.493 e. The first kappa shape index (κ1) is 18.6. The van der Waals surface area contributed by atoms with E-state index >= 15 is 0 Å². The van der Waals surface area contributed by atoms with Crippen LogP contribution in [0.2, 0.25) is 0 Å². The zero-order valence-electron chi connectivity index (χ0n) is 15.1. The fourth-order valence-corrected chi connectivity index (χ4v) is 3.36. The molecule has 6 nitrogen and oxygen atoms in total. The van der Waals surface area contributed by atoms with E-state index in [1.165, 1.54) is 18.3 Å². The molecular weight excluding hydrogens is 364 g/mol. The highest BCUT2D eigenvalue weighted by Crippen LogP contribution is 2.39. The minimum absolute atomic E-state index is 0.0238. The third-order valence-corrected chi connectivity index (χ3v) is 4.80. The number of carbonyl (C=O) groups is 2. The van der Waals surface area contributed by atoms with Crippen LogP contribution in [0.5, 0.6) is 11.5 Å². The standard InChI is InChI=1S/C20H18N2O4S/c1-12(23)13-7-9-14(10-8-13)21-19(24)16-11-27-20(22-16)15-5-4-6-17(25-2)18(15)26-3/h4-11H,1-3H3,(H,21,24). The highest BCUT2D eigenvalue weighted by atomic mass is 32.1. The van der Waals surface area contributed by atoms with Gasteiger partial charge in [-0.1, -0.05) is 6.07 Å². The molecule has 1 aromatic heterocycles. The summed E-state index contributed by atoms with van der Waals surface area (Å²) in [5.41, 5.74) is 2.25. The lowest BCUT2D eigenvalue weighted by atomic mass is 10.1. The molecule has 3 rings (SSSR count). The second-order valence-electron chi connectivity index (χ2n) is 5.67. The number of thiazole rings is 1. The third kappa shape index (κ3) is 3.98. The van der Waals surface area contributed by atoms with Crippen molar-refractivity contribution in [2.24, 2.45) is 0 Å². The highest BCUT2D eigenvalue weighted by molar-refractivity contribution is 7.13. The Balaban J connectivity index is 1.81. The van der Waals surface area contributed by atoms with Crippen LogP contribution in [0.15, 0.2) is 47.8 Å². The number of nitrogens with zero attached hydrogens (tertiary/aromatic N) is 1. The van der Waals surface area contributed by atoms with Crippen LogP contribution in [-0.4, -0.2) is 30.9 Å². The molecule has 7 heteroatoms. The van der Waals surface area contributed by atoms with Gasteiger partial charge in [0.2, 0.25) is 0 Å². The molecule has 0 unspecified atom stereocenters. The van der Waals surface area contributed by atoms with Crippen molar-refractivity contribution in [2.75, 3.05) is 19.5 Å². The molecule has 1 N–H and O–H groups in total. The van der Waals surface area contributed by atoms with Crippen LogP contribution in [0.3, 0.4) is 0 Å². The molecule has 0 saturated carbocycles. The van der Waals surface area contributed by atoms with Gasteiger partial charge < -0.3 is 14.8 Å². The summed E-state index contributed by atoms with van der Waals surface area (Å²) in [7, 11) is 3.13. The van der Waals surface area contributed by atoms with E-state index in [9.17, 15) is 9.59 Å². The molecule has 0 aliphatic heterocycles. The molecule has 2 aromatic carbocycles. The minimum atomic E-state index is -0.324. The maximum Gasteiger partial charge on any atom is 0.275 e. The number of ether oxygens (including phenoxy) is 2. The molecule has 1 heterocycles. The Morgan fingerprint density at radius 3 is 2.41 bits per heavy atom. The van der Waals surface area contributed by atoms with Crippen molar-refractivity contribution in [1.82, 2.24) is 4.98 Å². The fourth-order valence-electron chi connectivity index (χ4n) is 2.54. The van der Waals surface area contributed by atoms with Crippen molar-refractivity contribution in [3.63, 3.8) is 0 Å². The predicted molar refractivity (Wildman–Crippen MR) is 105 cm³/mol. The normalized spacial score (nSPS) is 10.3. The zero-order chi connectivity index (χ0) is 19.4. The number of rotatable bonds is 6. The van der Waals surface area contributed by atoms with Crippen molar-refractivity contribution < 1.29 is 19.1 Å². The van der Waals surface area contributed by atoms with Gasteiger partial charge in [-0.25, -0.2) is 4.98 Å². The van der Waals surface area contributed by atoms with E-state index in [0.717, 1.165) is 5.56 Å². The molecule has 1 amide bonds. The number of nitrogens with one attached hydrogen (secondary N) is 1. The maximum absolute atomic E-state index is 12.5. The lowest BCUT2D eigenvalue weighted by Crippen LogP contribution is -2.12. The second-order valence-corrected chi connectivity index (χ2v) is 6.52. The van der Waals surface area contributed by atoms with Gasteiger partial charge in [-0.3, -0.25) is 9.59 Å². The Bertz CT molecular complexity index is 980. The molecule has 0 bridgehead atoms. The number of carbonyl (C=O) groups excluding carboxylic acids is 2. The number of aromatic nitrogens is 1. The van der Waals surface area contributed by atoms with Gasteiger partial charge in [-0.15, -0.1) is 11.3 Å². The number of hydrogen-bond donors (Lipinski definition) is 1. The molecule has 0 aliphatic carbocycles. The van der Waals surface area contributed by atoms with Crippen molar-refractivity contribution in [3.05, 3.63) is 59.1 Å². The summed E-state index contributed by atoms with van der Waals surface area (Å²) >= 11 is 1.34. The molecule has 0 fully saturated rings. The molecule has 27 heavy (non-hydrogen) atoms. The Morgan fingerprint density at radius 2 is 1.78 bits per heavy atom. The molecule has 0 atom stereocenters. The van der Waals surface area contributed by atoms with E-state index in [1.54, 1.807) is 49.9 Å². The summed E-state index contributed by atoms with van der Waals surface area (Å²) in [6.07, 6.45) is 0. The lowest BCUT2D eigenvalue weighted by Gasteiger charge is -2.10. The molecule has 0 saturated heterocycles. The van der Waals surface area contributed by atoms with E-state index in [0.29, 0.717) is 33.5 Å². The topological polar surface area (TPSA) is 77.5 Å². The van der Waals surface area contributed by atoms with Crippen molar-refractivity contribution in [2.45, 2.75) is 6.92 Å². The zero-order valence-corrected chi connectivity index (χ0v) is 15.9. The van der Waals surface area contributed by atoms with Gasteiger partial charge in [0.05, 0.1) is 19.8 Å². The Morgan fingerprint density at radius 1 is 1.04 bits per heavy atom. The first-order chi connectivity index (χ1) is 13.0. The summed E-state index contributed by atoms with van der Waals surface area (Å²) in [5.74, 6) is 0.821. The average Bonchev–Trinajstić information content (AvgIpc) is 3.17. The van der Waals surface area contributed by atoms with Crippen LogP contribution in [0.1, 0.15) is 27.8 Å². The highest BCUT2D eigenvalue weighted by Gasteiger charge is 2.17. The monoisotopic (exact) mass is 382 g/mol. The second kappa shape index (κ2) is 8.01. The average molecular weight is 382 g/mol. The Kier molecular flexibility index (Phi) is 5.52. The van der Waals surface area contributed by atoms with Crippen molar-refractivity contribution in [3.8, 4) is 22.1 Å². The molecule has 0 radical (unpaired) electrons. The van der Waals surface area contributed by atoms with E-state index in [1.807, 2.05) is 12.1 Å². The van der Waals surface area contributed by atoms with Crippen LogP contribution < -0.4 is 14.8 Å². The number of amides is 1. The fraction of sp³-hybridized carbons (Fsp3) is 0.150. The summed E-state index contributed by atoms with van der Waals surface area (Å²) in [6, 6.07) is 12.2. The van der Waals surface area contributed by atoms with Crippen LogP contribution in [0, 0.1) is 0 Å². The van der Waals surface area contributed by atoms with Crippen molar-refractivity contribution in [1.29, 1.82) is 0 Å². The van der Waals surface area contributed by atoms with E-state index in [2.05, 4.69) is 10.3 Å². The Labute approximate surface area is 160 Å². The van der Waals surface area contributed by atoms with Gasteiger partial charge in [0.15, 0.2) is 17.3 Å². The number of ketones is 1. The predicted octanol–water partition coefficient (Wildman–Crippen LogP) is 4.28. The molecule has 0 aliphatic rings. The smallest absolute Gasteiger partial charge is 0.275 e. The molecule has 3 aromatic rings. The van der Waals surface area contributed by atoms with Gasteiger partial charge in [0.25, 0.3) is 5.91 Å². The summed E-state index contributed by atoms with van der Waals surface area (Å²) in [6.45, 7) is 1.50. The number of Topliss-reactive ketones (excluding diaryl/α,β-unsaturated/α-hetero) is 1. The first-order valence-corrected chi connectivity index (χ1v) is 9.00. The summed E-state index contributed by atoms with van der Waals surface area (Å²) in [5, 5.41) is 5.12. The van der Waals surface area contributed by atoms with E-state index < -0.39 is 0 Å². The Hall–Kier alpha value is -3.19. The van der Waals surface area contributed by atoms with Gasteiger partial charge >= 0.3 is 0 Å². The number of para-hydroxylation sites is 1. The van der Waals surface area contributed by atoms with Gasteiger partial charge in [-0.2, -0.15) is 0 Å². The summed E-state index contributed by atoms with van der Waals surface area (Å²) in [4.78, 5) is 28.2. The number of methoxy groups -OCH3 is 2. The van der Waals surface area contributed by atoms with Crippen LogP contribution in [0.4, 0.5) is 5.69 Å². The van der Waals surface area contributed by atoms with Crippen molar-refractivity contribution >= 4 is 28.7 Å². The third-order valence-electron chi connectivity index (χ3n) is 3.92. The van der Waals surface area contributed by atoms with Gasteiger partial charge in [0.1, 0.15) is 10.7 Å². The van der Waals surface area contributed by atoms with Crippen LogP contribution >= 0.6 is 11.3 Å². The van der Waals surface area contributed by atoms with Gasteiger partial charge in [0, 0.05) is 16.6 Å². The lowest BCUT2D eigenvalue weighted by molar-refractivity contribution is 0.101. The first-order valence-electron chi connectivity index (χ1n) is 8.12.